The van der Waals surface area contributed by atoms with Crippen molar-refractivity contribution in [2.75, 3.05) is 30.4 Å². The average Bonchev–Trinajstić information content (AvgIpc) is 3.17. The van der Waals surface area contributed by atoms with Gasteiger partial charge in [0.25, 0.3) is 5.91 Å². The lowest BCUT2D eigenvalue weighted by molar-refractivity contribution is -0.110. The third kappa shape index (κ3) is 5.07. The molecule has 0 saturated carbocycles. The van der Waals surface area contributed by atoms with Crippen molar-refractivity contribution in [1.82, 2.24) is 0 Å². The molecule has 0 fully saturated rings. The van der Waals surface area contributed by atoms with E-state index in [4.69, 9.17) is 15.2 Å². The molecule has 0 radical (unpaired) electrons. The average molecular weight is 458 g/mol. The van der Waals surface area contributed by atoms with Crippen molar-refractivity contribution in [3.05, 3.63) is 83.4 Å². The van der Waals surface area contributed by atoms with Gasteiger partial charge in [0.2, 0.25) is 0 Å². The van der Waals surface area contributed by atoms with Crippen LogP contribution in [-0.4, -0.2) is 25.7 Å². The van der Waals surface area contributed by atoms with E-state index in [2.05, 4.69) is 22.8 Å². The number of fused-ring (bicyclic) bond motifs is 1. The van der Waals surface area contributed by atoms with Gasteiger partial charge in [0.15, 0.2) is 11.5 Å². The molecule has 6 heteroatoms. The van der Waals surface area contributed by atoms with Crippen molar-refractivity contribution >= 4 is 28.6 Å². The predicted octanol–water partition coefficient (Wildman–Crippen LogP) is 5.31. The smallest absolute Gasteiger partial charge is 0.258 e. The number of hydrogen-bond donors (Lipinski definition) is 3. The molecule has 0 aromatic heterocycles. The summed E-state index contributed by atoms with van der Waals surface area (Å²) in [7, 11) is 0. The van der Waals surface area contributed by atoms with Gasteiger partial charge in [-0.1, -0.05) is 42.5 Å². The summed E-state index contributed by atoms with van der Waals surface area (Å²) in [4.78, 5) is 13.2. The summed E-state index contributed by atoms with van der Waals surface area (Å²) < 4.78 is 11.6. The summed E-state index contributed by atoms with van der Waals surface area (Å²) >= 11 is 0. The summed E-state index contributed by atoms with van der Waals surface area (Å²) in [6, 6.07) is 21.9. The van der Waals surface area contributed by atoms with Crippen LogP contribution in [0.15, 0.2) is 66.7 Å². The van der Waals surface area contributed by atoms with Gasteiger partial charge in [-0.05, 0) is 62.6 Å². The van der Waals surface area contributed by atoms with Gasteiger partial charge in [-0.15, -0.1) is 0 Å². The third-order valence-electron chi connectivity index (χ3n) is 5.63. The maximum atomic E-state index is 13.2. The maximum absolute atomic E-state index is 13.2. The predicted molar refractivity (Wildman–Crippen MR) is 138 cm³/mol. The third-order valence-corrected chi connectivity index (χ3v) is 5.63. The fourth-order valence-corrected chi connectivity index (χ4v) is 4.05. The van der Waals surface area contributed by atoms with Crippen LogP contribution in [0.1, 0.15) is 37.0 Å². The Hall–Kier alpha value is -3.77. The van der Waals surface area contributed by atoms with Crippen molar-refractivity contribution in [3.63, 3.8) is 0 Å². The number of hydrogen-bond acceptors (Lipinski definition) is 5. The quantitative estimate of drug-likeness (QED) is 0.359. The van der Waals surface area contributed by atoms with Crippen molar-refractivity contribution in [2.24, 2.45) is 5.73 Å². The molecule has 0 atom stereocenters. The highest BCUT2D eigenvalue weighted by atomic mass is 16.5. The number of carbonyl (C=O) groups excluding carboxylic acids is 1. The highest BCUT2D eigenvalue weighted by molar-refractivity contribution is 6.37. The minimum absolute atomic E-state index is 0.169. The van der Waals surface area contributed by atoms with Gasteiger partial charge in [0, 0.05) is 17.3 Å². The summed E-state index contributed by atoms with van der Waals surface area (Å²) in [5, 5.41) is 6.50. The van der Waals surface area contributed by atoms with Gasteiger partial charge < -0.3 is 25.8 Å². The lowest BCUT2D eigenvalue weighted by Gasteiger charge is -2.16. The number of benzene rings is 3. The molecule has 3 aromatic rings. The Morgan fingerprint density at radius 3 is 2.26 bits per heavy atom. The highest BCUT2D eigenvalue weighted by Gasteiger charge is 2.30. The van der Waals surface area contributed by atoms with Crippen LogP contribution in [0.4, 0.5) is 11.4 Å². The first kappa shape index (κ1) is 23.4. The van der Waals surface area contributed by atoms with Crippen molar-refractivity contribution in [2.45, 2.75) is 26.7 Å². The molecule has 0 bridgehead atoms. The Kier molecular flexibility index (Phi) is 7.50. The number of amides is 1. The molecule has 0 saturated heterocycles. The Labute approximate surface area is 200 Å². The molecule has 0 spiro atoms. The van der Waals surface area contributed by atoms with E-state index in [0.29, 0.717) is 42.5 Å². The summed E-state index contributed by atoms with van der Waals surface area (Å²) in [5.41, 5.74) is 11.5. The number of nitrogens with two attached hydrogens (primary N) is 1. The van der Waals surface area contributed by atoms with Crippen LogP contribution in [0.3, 0.4) is 0 Å². The monoisotopic (exact) mass is 457 g/mol. The molecule has 6 nitrogen and oxygen atoms in total. The molecule has 1 aliphatic rings. The number of aryl methyl sites for hydroxylation is 1. The second kappa shape index (κ2) is 10.9. The van der Waals surface area contributed by atoms with Gasteiger partial charge in [-0.25, -0.2) is 0 Å². The van der Waals surface area contributed by atoms with E-state index in [1.54, 1.807) is 0 Å². The van der Waals surface area contributed by atoms with E-state index in [9.17, 15) is 4.79 Å². The van der Waals surface area contributed by atoms with Crippen LogP contribution in [-0.2, 0) is 11.2 Å². The Morgan fingerprint density at radius 2 is 1.62 bits per heavy atom. The topological polar surface area (TPSA) is 85.6 Å². The minimum Gasteiger partial charge on any atom is -0.490 e. The van der Waals surface area contributed by atoms with Gasteiger partial charge in [0.05, 0.1) is 30.2 Å². The van der Waals surface area contributed by atoms with Crippen molar-refractivity contribution in [3.8, 4) is 11.5 Å². The molecule has 1 aliphatic heterocycles. The van der Waals surface area contributed by atoms with Crippen LogP contribution in [0.25, 0.3) is 11.3 Å². The molecule has 0 unspecified atom stereocenters. The fourth-order valence-electron chi connectivity index (χ4n) is 4.05. The standard InChI is InChI=1S/C28H31N3O3/c1-3-33-24-17-22-23(18-25(24)34-4-2)31-28(32)26(22)27(20-10-6-5-7-11-20)30-21-14-12-19(13-15-21)9-8-16-29/h5-7,10-15,17-18,30H,3-4,8-9,16,29H2,1-2H3,(H,31,32)/b27-26+. The molecule has 4 rings (SSSR count). The number of ether oxygens (including phenoxy) is 2. The molecule has 34 heavy (non-hydrogen) atoms. The lowest BCUT2D eigenvalue weighted by Crippen LogP contribution is -2.10. The molecule has 176 valence electrons. The Bertz CT molecular complexity index is 1170. The zero-order valence-electron chi connectivity index (χ0n) is 19.7. The van der Waals surface area contributed by atoms with Crippen LogP contribution in [0, 0.1) is 0 Å². The zero-order chi connectivity index (χ0) is 23.9. The number of carbonyl (C=O) groups is 1. The van der Waals surface area contributed by atoms with Crippen molar-refractivity contribution in [1.29, 1.82) is 0 Å². The second-order valence-corrected chi connectivity index (χ2v) is 7.99. The molecule has 3 aromatic carbocycles. The SMILES string of the molecule is CCOc1cc2c(cc1OCC)/C(=C(\Nc1ccc(CCCN)cc1)c1ccccc1)C(=O)N2. The number of rotatable bonds is 10. The zero-order valence-corrected chi connectivity index (χ0v) is 19.7. The minimum atomic E-state index is -0.169. The van der Waals surface area contributed by atoms with Gasteiger partial charge in [-0.3, -0.25) is 4.79 Å². The van der Waals surface area contributed by atoms with Crippen LogP contribution in [0.2, 0.25) is 0 Å². The maximum Gasteiger partial charge on any atom is 0.258 e. The summed E-state index contributed by atoms with van der Waals surface area (Å²) in [6.45, 7) is 5.53. The highest BCUT2D eigenvalue weighted by Crippen LogP contribution is 2.43. The largest absolute Gasteiger partial charge is 0.490 e. The van der Waals surface area contributed by atoms with E-state index < -0.39 is 0 Å². The van der Waals surface area contributed by atoms with E-state index in [0.717, 1.165) is 35.4 Å². The number of anilines is 2. The first-order valence-electron chi connectivity index (χ1n) is 11.8. The Morgan fingerprint density at radius 1 is 0.941 bits per heavy atom. The molecule has 1 amide bonds. The first-order valence-corrected chi connectivity index (χ1v) is 11.8. The van der Waals surface area contributed by atoms with Crippen LogP contribution in [0.5, 0.6) is 11.5 Å². The van der Waals surface area contributed by atoms with E-state index >= 15 is 0 Å². The molecular formula is C28H31N3O3. The number of nitrogens with one attached hydrogen (secondary N) is 2. The molecule has 0 aliphatic carbocycles. The van der Waals surface area contributed by atoms with E-state index in [-0.39, 0.29) is 5.91 Å². The lowest BCUT2D eigenvalue weighted by atomic mass is 9.99. The molecule has 1 heterocycles. The Balaban J connectivity index is 1.80. The van der Waals surface area contributed by atoms with E-state index in [1.807, 2.05) is 68.4 Å². The van der Waals surface area contributed by atoms with E-state index in [1.165, 1.54) is 5.56 Å². The van der Waals surface area contributed by atoms with Gasteiger partial charge in [-0.2, -0.15) is 0 Å². The second-order valence-electron chi connectivity index (χ2n) is 7.99. The first-order chi connectivity index (χ1) is 16.6. The summed E-state index contributed by atoms with van der Waals surface area (Å²) in [6.07, 6.45) is 1.90. The fraction of sp³-hybridized carbons (Fsp3) is 0.250. The summed E-state index contributed by atoms with van der Waals surface area (Å²) in [5.74, 6) is 1.07. The van der Waals surface area contributed by atoms with Gasteiger partial charge >= 0.3 is 0 Å². The molecular weight excluding hydrogens is 426 g/mol. The van der Waals surface area contributed by atoms with Crippen molar-refractivity contribution < 1.29 is 14.3 Å². The van der Waals surface area contributed by atoms with Gasteiger partial charge in [0.1, 0.15) is 0 Å². The normalized spacial score (nSPS) is 13.8. The van der Waals surface area contributed by atoms with Crippen LogP contribution >= 0.6 is 0 Å². The van der Waals surface area contributed by atoms with Crippen LogP contribution < -0.4 is 25.8 Å². The molecule has 4 N–H and O–H groups in total.